The Morgan fingerprint density at radius 3 is 2.67 bits per heavy atom. The van der Waals surface area contributed by atoms with Gasteiger partial charge in [0.2, 0.25) is 0 Å². The Balaban J connectivity index is 3.19. The molecule has 0 spiro atoms. The maximum absolute atomic E-state index is 8.52. The lowest BCUT2D eigenvalue weighted by atomic mass is 10.2. The van der Waals surface area contributed by atoms with Crippen molar-refractivity contribution in [1.82, 2.24) is 0 Å². The van der Waals surface area contributed by atoms with Gasteiger partial charge in [0, 0.05) is 12.5 Å². The van der Waals surface area contributed by atoms with Crippen molar-refractivity contribution in [3.8, 4) is 6.07 Å². The molecule has 1 aromatic carbocycles. The van der Waals surface area contributed by atoms with Gasteiger partial charge in [-0.2, -0.15) is 5.26 Å². The van der Waals surface area contributed by atoms with E-state index < -0.39 is 0 Å². The molecule has 0 saturated heterocycles. The van der Waals surface area contributed by atoms with E-state index in [1.165, 1.54) is 0 Å². The average Bonchev–Trinajstić information content (AvgIpc) is 2.07. The van der Waals surface area contributed by atoms with E-state index >= 15 is 0 Å². The van der Waals surface area contributed by atoms with Crippen molar-refractivity contribution in [3.05, 3.63) is 30.2 Å². The van der Waals surface area contributed by atoms with Crippen molar-refractivity contribution in [3.63, 3.8) is 0 Å². The fourth-order valence-electron chi connectivity index (χ4n) is 0.788. The molecule has 0 amide bonds. The third-order valence-corrected chi connectivity index (χ3v) is 5.37. The molecule has 0 aliphatic carbocycles. The van der Waals surface area contributed by atoms with E-state index in [0.717, 1.165) is 18.1 Å². The SMILES string of the molecule is N#CCc1ccc(Br)c(Br)c1I. The molecule has 0 heterocycles. The third kappa shape index (κ3) is 2.21. The number of nitrogens with zero attached hydrogens (tertiary/aromatic N) is 1. The van der Waals surface area contributed by atoms with Gasteiger partial charge in [-0.05, 0) is 66.1 Å². The average molecular weight is 401 g/mol. The number of hydrogen-bond donors (Lipinski definition) is 0. The van der Waals surface area contributed by atoms with Crippen LogP contribution in [0.2, 0.25) is 0 Å². The summed E-state index contributed by atoms with van der Waals surface area (Å²) in [5.74, 6) is 0. The van der Waals surface area contributed by atoms with E-state index in [9.17, 15) is 0 Å². The molecular weight excluding hydrogens is 397 g/mol. The normalized spacial score (nSPS) is 9.50. The number of benzene rings is 1. The van der Waals surface area contributed by atoms with Crippen molar-refractivity contribution in [2.24, 2.45) is 0 Å². The maximum atomic E-state index is 8.52. The summed E-state index contributed by atoms with van der Waals surface area (Å²) in [7, 11) is 0. The van der Waals surface area contributed by atoms with Gasteiger partial charge in [-0.3, -0.25) is 0 Å². The maximum Gasteiger partial charge on any atom is 0.0670 e. The van der Waals surface area contributed by atoms with Crippen molar-refractivity contribution in [1.29, 1.82) is 5.26 Å². The van der Waals surface area contributed by atoms with Crippen LogP contribution in [0.25, 0.3) is 0 Å². The summed E-state index contributed by atoms with van der Waals surface area (Å²) in [5.41, 5.74) is 1.06. The number of halogens is 3. The molecule has 0 aliphatic rings. The van der Waals surface area contributed by atoms with E-state index in [1.807, 2.05) is 12.1 Å². The summed E-state index contributed by atoms with van der Waals surface area (Å²) < 4.78 is 3.15. The Morgan fingerprint density at radius 1 is 1.42 bits per heavy atom. The fourth-order valence-corrected chi connectivity index (χ4v) is 2.54. The van der Waals surface area contributed by atoms with E-state index in [4.69, 9.17) is 5.26 Å². The quantitative estimate of drug-likeness (QED) is 0.518. The van der Waals surface area contributed by atoms with Crippen LogP contribution in [0.15, 0.2) is 21.1 Å². The van der Waals surface area contributed by atoms with Crippen LogP contribution in [0.5, 0.6) is 0 Å². The first-order valence-electron chi connectivity index (χ1n) is 3.16. The second-order valence-corrected chi connectivity index (χ2v) is 4.90. The molecule has 62 valence electrons. The molecule has 0 unspecified atom stereocenters. The molecule has 1 rings (SSSR count). The second-order valence-electron chi connectivity index (χ2n) is 2.17. The topological polar surface area (TPSA) is 23.8 Å². The Morgan fingerprint density at radius 2 is 2.08 bits per heavy atom. The monoisotopic (exact) mass is 399 g/mol. The summed E-state index contributed by atoms with van der Waals surface area (Å²) in [4.78, 5) is 0. The summed E-state index contributed by atoms with van der Waals surface area (Å²) in [5, 5.41) is 8.52. The molecule has 1 nitrogen and oxygen atoms in total. The minimum atomic E-state index is 0.462. The first-order valence-corrected chi connectivity index (χ1v) is 5.82. The molecule has 0 atom stereocenters. The van der Waals surface area contributed by atoms with Crippen molar-refractivity contribution in [2.75, 3.05) is 0 Å². The zero-order valence-corrected chi connectivity index (χ0v) is 11.3. The number of hydrogen-bond acceptors (Lipinski definition) is 1. The molecule has 0 radical (unpaired) electrons. The Hall–Kier alpha value is 0.400. The Bertz CT molecular complexity index is 344. The molecule has 0 fully saturated rings. The fraction of sp³-hybridized carbons (Fsp3) is 0.125. The molecule has 0 N–H and O–H groups in total. The largest absolute Gasteiger partial charge is 0.198 e. The summed E-state index contributed by atoms with van der Waals surface area (Å²) in [6.45, 7) is 0. The van der Waals surface area contributed by atoms with Crippen molar-refractivity contribution >= 4 is 54.5 Å². The number of rotatable bonds is 1. The number of nitriles is 1. The van der Waals surface area contributed by atoms with Gasteiger partial charge in [0.1, 0.15) is 0 Å². The highest BCUT2D eigenvalue weighted by molar-refractivity contribution is 14.1. The van der Waals surface area contributed by atoms with Crippen LogP contribution in [0.4, 0.5) is 0 Å². The lowest BCUT2D eigenvalue weighted by Gasteiger charge is -2.03. The lowest BCUT2D eigenvalue weighted by Crippen LogP contribution is -1.88. The van der Waals surface area contributed by atoms with Crippen LogP contribution in [0.1, 0.15) is 5.56 Å². The molecule has 0 bridgehead atoms. The summed E-state index contributed by atoms with van der Waals surface area (Å²) in [6, 6.07) is 6.03. The van der Waals surface area contributed by atoms with Gasteiger partial charge in [-0.1, -0.05) is 6.07 Å². The predicted molar refractivity (Wildman–Crippen MR) is 63.9 cm³/mol. The van der Waals surface area contributed by atoms with E-state index in [0.29, 0.717) is 6.42 Å². The van der Waals surface area contributed by atoms with Crippen LogP contribution in [0, 0.1) is 14.9 Å². The summed E-state index contributed by atoms with van der Waals surface area (Å²) >= 11 is 9.06. The Kier molecular flexibility index (Phi) is 4.00. The van der Waals surface area contributed by atoms with Crippen LogP contribution in [0.3, 0.4) is 0 Å². The van der Waals surface area contributed by atoms with Gasteiger partial charge in [0.15, 0.2) is 0 Å². The smallest absolute Gasteiger partial charge is 0.0670 e. The van der Waals surface area contributed by atoms with Crippen LogP contribution >= 0.6 is 54.5 Å². The van der Waals surface area contributed by atoms with E-state index in [2.05, 4.69) is 60.5 Å². The zero-order chi connectivity index (χ0) is 9.14. The minimum absolute atomic E-state index is 0.462. The molecular formula is C8H4Br2IN. The van der Waals surface area contributed by atoms with Gasteiger partial charge in [-0.15, -0.1) is 0 Å². The van der Waals surface area contributed by atoms with Gasteiger partial charge < -0.3 is 0 Å². The minimum Gasteiger partial charge on any atom is -0.198 e. The molecule has 1 aromatic rings. The first-order chi connectivity index (χ1) is 5.66. The van der Waals surface area contributed by atoms with E-state index in [-0.39, 0.29) is 0 Å². The lowest BCUT2D eigenvalue weighted by molar-refractivity contribution is 1.23. The van der Waals surface area contributed by atoms with Crippen molar-refractivity contribution in [2.45, 2.75) is 6.42 Å². The second kappa shape index (κ2) is 4.58. The van der Waals surface area contributed by atoms with E-state index in [1.54, 1.807) is 0 Å². The first kappa shape index (κ1) is 10.5. The van der Waals surface area contributed by atoms with Gasteiger partial charge in [-0.25, -0.2) is 0 Å². The molecule has 12 heavy (non-hydrogen) atoms. The summed E-state index contributed by atoms with van der Waals surface area (Å²) in [6.07, 6.45) is 0.462. The molecule has 0 aliphatic heterocycles. The highest BCUT2D eigenvalue weighted by Gasteiger charge is 2.06. The molecule has 0 saturated carbocycles. The standard InChI is InChI=1S/C8H4Br2IN/c9-6-2-1-5(3-4-12)8(11)7(6)10/h1-2H,3H2. The Labute approximate surface area is 102 Å². The van der Waals surface area contributed by atoms with Crippen LogP contribution in [-0.2, 0) is 6.42 Å². The van der Waals surface area contributed by atoms with Gasteiger partial charge >= 0.3 is 0 Å². The van der Waals surface area contributed by atoms with Gasteiger partial charge in [0.25, 0.3) is 0 Å². The highest BCUT2D eigenvalue weighted by atomic mass is 127. The highest BCUT2D eigenvalue weighted by Crippen LogP contribution is 2.30. The molecule has 4 heteroatoms. The zero-order valence-electron chi connectivity index (χ0n) is 5.94. The molecule has 0 aromatic heterocycles. The predicted octanol–water partition coefficient (Wildman–Crippen LogP) is 3.88. The van der Waals surface area contributed by atoms with Crippen LogP contribution in [-0.4, -0.2) is 0 Å². The van der Waals surface area contributed by atoms with Crippen molar-refractivity contribution < 1.29 is 0 Å². The van der Waals surface area contributed by atoms with Crippen LogP contribution < -0.4 is 0 Å². The van der Waals surface area contributed by atoms with Gasteiger partial charge in [0.05, 0.1) is 12.5 Å². The third-order valence-electron chi connectivity index (χ3n) is 1.38.